The van der Waals surface area contributed by atoms with E-state index >= 15 is 0 Å². The molecule has 0 aliphatic heterocycles. The molecule has 0 bridgehead atoms. The Balaban J connectivity index is 2.24. The van der Waals surface area contributed by atoms with E-state index in [1.807, 2.05) is 51.1 Å². The maximum Gasteiger partial charge on any atom is 0.151 e. The van der Waals surface area contributed by atoms with E-state index in [4.69, 9.17) is 14.3 Å². The normalized spacial score (nSPS) is 10.3. The van der Waals surface area contributed by atoms with Gasteiger partial charge >= 0.3 is 0 Å². The molecule has 4 nitrogen and oxygen atoms in total. The summed E-state index contributed by atoms with van der Waals surface area (Å²) in [7, 11) is 0. The van der Waals surface area contributed by atoms with Crippen LogP contribution in [0.4, 0.5) is 0 Å². The Labute approximate surface area is 121 Å². The minimum Gasteiger partial charge on any atom is -0.490 e. The van der Waals surface area contributed by atoms with Crippen molar-refractivity contribution < 1.29 is 14.3 Å². The van der Waals surface area contributed by atoms with Crippen LogP contribution < -0.4 is 9.47 Å². The van der Waals surface area contributed by atoms with Crippen LogP contribution >= 0.6 is 0 Å². The molecule has 0 atom stereocenters. The monoisotopic (exact) mass is 277 g/mol. The van der Waals surface area contributed by atoms with Crippen LogP contribution in [0, 0.1) is 0 Å². The smallest absolute Gasteiger partial charge is 0.151 e. The molecule has 0 heterocycles. The van der Waals surface area contributed by atoms with Gasteiger partial charge in [0.1, 0.15) is 24.7 Å². The van der Waals surface area contributed by atoms with Crippen molar-refractivity contribution in [1.29, 1.82) is 0 Å². The first kappa shape index (κ1) is 16.1. The zero-order valence-electron chi connectivity index (χ0n) is 12.5. The lowest BCUT2D eigenvalue weighted by Crippen LogP contribution is -2.04. The number of ether oxygens (including phenoxy) is 2. The quantitative estimate of drug-likeness (QED) is 0.298. The molecule has 1 rings (SSSR count). The Kier molecular flexibility index (Phi) is 7.96. The fourth-order valence-corrected chi connectivity index (χ4v) is 1.31. The number of oxime groups is 1. The summed E-state index contributed by atoms with van der Waals surface area (Å²) in [4.78, 5) is 5.01. The van der Waals surface area contributed by atoms with Crippen LogP contribution in [0.25, 0.3) is 0 Å². The highest BCUT2D eigenvalue weighted by Gasteiger charge is 1.96. The van der Waals surface area contributed by atoms with E-state index in [1.165, 1.54) is 5.57 Å². The molecular formula is C16H23NO3. The summed E-state index contributed by atoms with van der Waals surface area (Å²) in [6.07, 6.45) is 4.63. The lowest BCUT2D eigenvalue weighted by atomic mass is 10.3. The van der Waals surface area contributed by atoms with Gasteiger partial charge in [0.2, 0.25) is 0 Å². The molecule has 0 amide bonds. The number of rotatable bonds is 9. The Hall–Kier alpha value is -1.97. The van der Waals surface area contributed by atoms with Gasteiger partial charge in [0, 0.05) is 6.21 Å². The third-order valence-electron chi connectivity index (χ3n) is 2.34. The van der Waals surface area contributed by atoms with Crippen LogP contribution in [0.3, 0.4) is 0 Å². The zero-order valence-corrected chi connectivity index (χ0v) is 12.5. The molecule has 20 heavy (non-hydrogen) atoms. The highest BCUT2D eigenvalue weighted by atomic mass is 16.6. The van der Waals surface area contributed by atoms with Crippen molar-refractivity contribution in [3.63, 3.8) is 0 Å². The van der Waals surface area contributed by atoms with Crippen molar-refractivity contribution >= 4 is 6.21 Å². The van der Waals surface area contributed by atoms with E-state index in [-0.39, 0.29) is 0 Å². The van der Waals surface area contributed by atoms with E-state index in [2.05, 4.69) is 5.16 Å². The van der Waals surface area contributed by atoms with Gasteiger partial charge in [-0.1, -0.05) is 17.7 Å². The fraction of sp³-hybridized carbons (Fsp3) is 0.438. The van der Waals surface area contributed by atoms with Crippen LogP contribution in [0.5, 0.6) is 11.5 Å². The van der Waals surface area contributed by atoms with Crippen molar-refractivity contribution in [2.45, 2.75) is 27.2 Å². The van der Waals surface area contributed by atoms with Crippen LogP contribution in [-0.2, 0) is 4.84 Å². The van der Waals surface area contributed by atoms with Crippen LogP contribution in [-0.4, -0.2) is 26.0 Å². The lowest BCUT2D eigenvalue weighted by molar-refractivity contribution is 0.108. The van der Waals surface area contributed by atoms with Crippen molar-refractivity contribution in [2.75, 3.05) is 19.8 Å². The molecule has 0 unspecified atom stereocenters. The first-order chi connectivity index (χ1) is 9.72. The summed E-state index contributed by atoms with van der Waals surface area (Å²) in [6, 6.07) is 7.55. The van der Waals surface area contributed by atoms with E-state index in [0.29, 0.717) is 19.8 Å². The van der Waals surface area contributed by atoms with Crippen molar-refractivity contribution in [3.8, 4) is 11.5 Å². The second kappa shape index (κ2) is 9.89. The highest BCUT2D eigenvalue weighted by Crippen LogP contribution is 2.17. The molecule has 0 aliphatic rings. The number of nitrogens with zero attached hydrogens (tertiary/aromatic N) is 1. The van der Waals surface area contributed by atoms with E-state index in [0.717, 1.165) is 17.9 Å². The molecule has 0 aromatic heterocycles. The summed E-state index contributed by atoms with van der Waals surface area (Å²) in [5, 5.41) is 3.75. The second-order valence-electron chi connectivity index (χ2n) is 4.44. The summed E-state index contributed by atoms with van der Waals surface area (Å²) < 4.78 is 11.1. The maximum absolute atomic E-state index is 5.57. The van der Waals surface area contributed by atoms with Gasteiger partial charge in [-0.05, 0) is 50.6 Å². The molecule has 0 radical (unpaired) electrons. The topological polar surface area (TPSA) is 40.0 Å². The van der Waals surface area contributed by atoms with Crippen molar-refractivity contribution in [2.24, 2.45) is 5.16 Å². The van der Waals surface area contributed by atoms with E-state index in [1.54, 1.807) is 6.21 Å². The number of hydrogen-bond donors (Lipinski definition) is 0. The number of allylic oxidation sites excluding steroid dienone is 1. The molecule has 1 aromatic rings. The average molecular weight is 277 g/mol. The molecule has 1 aromatic carbocycles. The summed E-state index contributed by atoms with van der Waals surface area (Å²) in [5.41, 5.74) is 1.25. The van der Waals surface area contributed by atoms with Gasteiger partial charge in [-0.25, -0.2) is 0 Å². The summed E-state index contributed by atoms with van der Waals surface area (Å²) in [6.45, 7) is 7.60. The Bertz CT molecular complexity index is 420. The lowest BCUT2D eigenvalue weighted by Gasteiger charge is -2.07. The molecule has 0 spiro atoms. The Morgan fingerprint density at radius 3 is 2.30 bits per heavy atom. The van der Waals surface area contributed by atoms with Gasteiger partial charge in [0.05, 0.1) is 0 Å². The summed E-state index contributed by atoms with van der Waals surface area (Å²) >= 11 is 0. The molecule has 0 fully saturated rings. The minimum atomic E-state index is 0.440. The number of hydrogen-bond acceptors (Lipinski definition) is 4. The van der Waals surface area contributed by atoms with Gasteiger partial charge in [0.25, 0.3) is 0 Å². The molecular weight excluding hydrogens is 254 g/mol. The van der Waals surface area contributed by atoms with Crippen LogP contribution in [0.2, 0.25) is 0 Å². The van der Waals surface area contributed by atoms with Crippen molar-refractivity contribution in [1.82, 2.24) is 0 Å². The van der Waals surface area contributed by atoms with Gasteiger partial charge < -0.3 is 14.3 Å². The third-order valence-corrected chi connectivity index (χ3v) is 2.34. The van der Waals surface area contributed by atoms with E-state index in [9.17, 15) is 0 Å². The summed E-state index contributed by atoms with van der Waals surface area (Å²) in [5.74, 6) is 1.63. The largest absolute Gasteiger partial charge is 0.490 e. The van der Waals surface area contributed by atoms with Crippen LogP contribution in [0.1, 0.15) is 27.2 Å². The SMILES string of the molecule is CCC=NOCCOc1ccc(OCC=C(C)C)cc1. The van der Waals surface area contributed by atoms with Gasteiger partial charge in [-0.15, -0.1) is 0 Å². The first-order valence-corrected chi connectivity index (χ1v) is 6.85. The molecule has 0 N–H and O–H groups in total. The fourth-order valence-electron chi connectivity index (χ4n) is 1.31. The van der Waals surface area contributed by atoms with Gasteiger partial charge in [-0.3, -0.25) is 0 Å². The third kappa shape index (κ3) is 7.46. The number of benzene rings is 1. The predicted octanol–water partition coefficient (Wildman–Crippen LogP) is 3.82. The Morgan fingerprint density at radius 1 is 1.05 bits per heavy atom. The molecule has 4 heteroatoms. The molecule has 0 aliphatic carbocycles. The highest BCUT2D eigenvalue weighted by molar-refractivity contribution is 5.55. The maximum atomic E-state index is 5.57. The molecule has 0 saturated carbocycles. The standard InChI is InChI=1S/C16H23NO3/c1-4-10-17-20-13-12-19-16-7-5-15(6-8-16)18-11-9-14(2)3/h5-10H,4,11-13H2,1-3H3. The van der Waals surface area contributed by atoms with Crippen LogP contribution in [0.15, 0.2) is 41.1 Å². The Morgan fingerprint density at radius 2 is 1.70 bits per heavy atom. The molecule has 0 saturated heterocycles. The first-order valence-electron chi connectivity index (χ1n) is 6.85. The zero-order chi connectivity index (χ0) is 14.6. The van der Waals surface area contributed by atoms with Gasteiger partial charge in [0.15, 0.2) is 6.61 Å². The van der Waals surface area contributed by atoms with E-state index < -0.39 is 0 Å². The molecule has 110 valence electrons. The van der Waals surface area contributed by atoms with Gasteiger partial charge in [-0.2, -0.15) is 0 Å². The minimum absolute atomic E-state index is 0.440. The second-order valence-corrected chi connectivity index (χ2v) is 4.44. The average Bonchev–Trinajstić information content (AvgIpc) is 2.44. The van der Waals surface area contributed by atoms with Crippen molar-refractivity contribution in [3.05, 3.63) is 35.9 Å². The predicted molar refractivity (Wildman–Crippen MR) is 81.6 cm³/mol.